The van der Waals surface area contributed by atoms with E-state index >= 15 is 0 Å². The van der Waals surface area contributed by atoms with Gasteiger partial charge in [0.2, 0.25) is 5.95 Å². The molecule has 0 atom stereocenters. The van der Waals surface area contributed by atoms with Crippen LogP contribution in [0.2, 0.25) is 0 Å². The lowest BCUT2D eigenvalue weighted by Gasteiger charge is -2.13. The van der Waals surface area contributed by atoms with Crippen molar-refractivity contribution in [3.63, 3.8) is 0 Å². The van der Waals surface area contributed by atoms with E-state index in [-0.39, 0.29) is 0 Å². The van der Waals surface area contributed by atoms with Gasteiger partial charge in [0.05, 0.1) is 30.9 Å². The molecule has 7 nitrogen and oxygen atoms in total. The number of benzene rings is 2. The third kappa shape index (κ3) is 3.35. The van der Waals surface area contributed by atoms with Gasteiger partial charge in [0.25, 0.3) is 0 Å². The van der Waals surface area contributed by atoms with Crippen molar-refractivity contribution < 1.29 is 14.3 Å². The summed E-state index contributed by atoms with van der Waals surface area (Å²) in [4.78, 5) is 16.9. The first-order valence-electron chi connectivity index (χ1n) is 7.91. The molecule has 7 heteroatoms. The second-order valence-electron chi connectivity index (χ2n) is 5.31. The Balaban J connectivity index is 1.84. The number of para-hydroxylation sites is 2. The number of aryl methyl sites for hydroxylation is 1. The number of ether oxygens (including phenoxy) is 2. The van der Waals surface area contributed by atoms with Crippen molar-refractivity contribution in [3.8, 4) is 11.5 Å². The second-order valence-corrected chi connectivity index (χ2v) is 5.31. The number of amides is 2. The Morgan fingerprint density at radius 1 is 1.12 bits per heavy atom. The standard InChI is InChI=1S/C18H20N4O3/c1-4-22-15-8-6-5-7-13(15)19-17(22)21-18(23)20-14-11-12(24-2)9-10-16(14)25-3/h5-11H,4H2,1-3H3,(H2,19,20,21,23). The predicted octanol–water partition coefficient (Wildman–Crippen LogP) is 3.72. The SMILES string of the molecule is CCn1c(NC(=O)Nc2cc(OC)ccc2OC)nc2ccccc21. The van der Waals surface area contributed by atoms with Crippen molar-refractivity contribution in [1.82, 2.24) is 9.55 Å². The van der Waals surface area contributed by atoms with Gasteiger partial charge < -0.3 is 19.4 Å². The molecule has 0 aliphatic rings. The minimum Gasteiger partial charge on any atom is -0.497 e. The Morgan fingerprint density at radius 2 is 1.92 bits per heavy atom. The quantitative estimate of drug-likeness (QED) is 0.742. The number of fused-ring (bicyclic) bond motifs is 1. The Bertz CT molecular complexity index is 904. The van der Waals surface area contributed by atoms with Gasteiger partial charge in [-0.3, -0.25) is 5.32 Å². The summed E-state index contributed by atoms with van der Waals surface area (Å²) in [6.07, 6.45) is 0. The number of hydrogen-bond acceptors (Lipinski definition) is 4. The highest BCUT2D eigenvalue weighted by atomic mass is 16.5. The van der Waals surface area contributed by atoms with E-state index in [0.29, 0.717) is 29.7 Å². The fourth-order valence-electron chi connectivity index (χ4n) is 2.66. The largest absolute Gasteiger partial charge is 0.497 e. The molecular formula is C18H20N4O3. The van der Waals surface area contributed by atoms with Crippen molar-refractivity contribution in [2.45, 2.75) is 13.5 Å². The predicted molar refractivity (Wildman–Crippen MR) is 97.6 cm³/mol. The fourth-order valence-corrected chi connectivity index (χ4v) is 2.66. The van der Waals surface area contributed by atoms with Crippen LogP contribution in [0.5, 0.6) is 11.5 Å². The number of nitrogens with zero attached hydrogens (tertiary/aromatic N) is 2. The number of urea groups is 1. The molecule has 0 radical (unpaired) electrons. The molecule has 2 amide bonds. The maximum atomic E-state index is 12.4. The lowest BCUT2D eigenvalue weighted by molar-refractivity contribution is 0.261. The van der Waals surface area contributed by atoms with Crippen LogP contribution >= 0.6 is 0 Å². The molecule has 0 unspecified atom stereocenters. The Hall–Kier alpha value is -3.22. The van der Waals surface area contributed by atoms with Gasteiger partial charge in [0.1, 0.15) is 11.5 Å². The molecule has 2 aromatic carbocycles. The molecule has 2 N–H and O–H groups in total. The second kappa shape index (κ2) is 7.12. The molecule has 0 bridgehead atoms. The molecule has 0 fully saturated rings. The molecule has 1 heterocycles. The van der Waals surface area contributed by atoms with Crippen LogP contribution < -0.4 is 20.1 Å². The summed E-state index contributed by atoms with van der Waals surface area (Å²) in [5.74, 6) is 1.65. The van der Waals surface area contributed by atoms with E-state index in [0.717, 1.165) is 11.0 Å². The number of hydrogen-bond donors (Lipinski definition) is 2. The van der Waals surface area contributed by atoms with E-state index in [1.54, 1.807) is 32.4 Å². The molecule has 0 saturated carbocycles. The van der Waals surface area contributed by atoms with Crippen LogP contribution in [0.4, 0.5) is 16.4 Å². The number of imidazole rings is 1. The van der Waals surface area contributed by atoms with E-state index in [9.17, 15) is 4.79 Å². The van der Waals surface area contributed by atoms with Gasteiger partial charge in [-0.25, -0.2) is 9.78 Å². The monoisotopic (exact) mass is 340 g/mol. The zero-order valence-corrected chi connectivity index (χ0v) is 14.4. The smallest absolute Gasteiger partial charge is 0.326 e. The van der Waals surface area contributed by atoms with E-state index in [1.807, 2.05) is 35.8 Å². The average molecular weight is 340 g/mol. The summed E-state index contributed by atoms with van der Waals surface area (Å²) >= 11 is 0. The van der Waals surface area contributed by atoms with Crippen LogP contribution in [0.15, 0.2) is 42.5 Å². The van der Waals surface area contributed by atoms with Gasteiger partial charge in [-0.15, -0.1) is 0 Å². The van der Waals surface area contributed by atoms with Crippen LogP contribution in [-0.4, -0.2) is 29.8 Å². The maximum Gasteiger partial charge on any atom is 0.326 e. The maximum absolute atomic E-state index is 12.4. The molecule has 0 aliphatic heterocycles. The molecule has 130 valence electrons. The van der Waals surface area contributed by atoms with Crippen molar-refractivity contribution in [1.29, 1.82) is 0 Å². The van der Waals surface area contributed by atoms with Gasteiger partial charge in [0, 0.05) is 12.6 Å². The van der Waals surface area contributed by atoms with Crippen LogP contribution in [0.3, 0.4) is 0 Å². The third-order valence-corrected chi connectivity index (χ3v) is 3.85. The average Bonchev–Trinajstić information content (AvgIpc) is 2.98. The molecule has 0 saturated heterocycles. The van der Waals surface area contributed by atoms with Gasteiger partial charge in [0.15, 0.2) is 0 Å². The number of rotatable bonds is 5. The van der Waals surface area contributed by atoms with E-state index in [1.165, 1.54) is 0 Å². The van der Waals surface area contributed by atoms with Gasteiger partial charge in [-0.2, -0.15) is 0 Å². The molecule has 3 aromatic rings. The summed E-state index contributed by atoms with van der Waals surface area (Å²) in [7, 11) is 3.11. The number of carbonyl (C=O) groups is 1. The van der Waals surface area contributed by atoms with Crippen LogP contribution in [0.25, 0.3) is 11.0 Å². The minimum atomic E-state index is -0.406. The Labute approximate surface area is 145 Å². The molecule has 0 spiro atoms. The first-order valence-corrected chi connectivity index (χ1v) is 7.91. The van der Waals surface area contributed by atoms with E-state index in [2.05, 4.69) is 15.6 Å². The fraction of sp³-hybridized carbons (Fsp3) is 0.222. The summed E-state index contributed by atoms with van der Waals surface area (Å²) in [6, 6.07) is 12.5. The number of aromatic nitrogens is 2. The van der Waals surface area contributed by atoms with Crippen LogP contribution in [-0.2, 0) is 6.54 Å². The molecule has 0 aliphatic carbocycles. The Kier molecular flexibility index (Phi) is 4.74. The minimum absolute atomic E-state index is 0.406. The summed E-state index contributed by atoms with van der Waals surface area (Å²) < 4.78 is 12.4. The van der Waals surface area contributed by atoms with Crippen molar-refractivity contribution in [2.24, 2.45) is 0 Å². The van der Waals surface area contributed by atoms with Gasteiger partial charge in [-0.1, -0.05) is 12.1 Å². The van der Waals surface area contributed by atoms with E-state index < -0.39 is 6.03 Å². The van der Waals surface area contributed by atoms with Gasteiger partial charge in [-0.05, 0) is 31.2 Å². The Morgan fingerprint density at radius 3 is 2.64 bits per heavy atom. The summed E-state index contributed by atoms with van der Waals surface area (Å²) in [6.45, 7) is 2.70. The number of anilines is 2. The van der Waals surface area contributed by atoms with Crippen molar-refractivity contribution in [2.75, 3.05) is 24.9 Å². The summed E-state index contributed by atoms with van der Waals surface area (Å²) in [5.41, 5.74) is 2.32. The zero-order valence-electron chi connectivity index (χ0n) is 14.4. The van der Waals surface area contributed by atoms with Gasteiger partial charge >= 0.3 is 6.03 Å². The third-order valence-electron chi connectivity index (χ3n) is 3.85. The van der Waals surface area contributed by atoms with Crippen molar-refractivity contribution in [3.05, 3.63) is 42.5 Å². The van der Waals surface area contributed by atoms with Crippen molar-refractivity contribution >= 4 is 28.7 Å². The highest BCUT2D eigenvalue weighted by molar-refractivity contribution is 6.00. The van der Waals surface area contributed by atoms with E-state index in [4.69, 9.17) is 9.47 Å². The molecular weight excluding hydrogens is 320 g/mol. The highest BCUT2D eigenvalue weighted by Gasteiger charge is 2.14. The lowest BCUT2D eigenvalue weighted by Crippen LogP contribution is -2.22. The molecule has 1 aromatic heterocycles. The normalized spacial score (nSPS) is 10.5. The molecule has 25 heavy (non-hydrogen) atoms. The van der Waals surface area contributed by atoms with Crippen LogP contribution in [0.1, 0.15) is 6.92 Å². The number of nitrogens with one attached hydrogen (secondary N) is 2. The van der Waals surface area contributed by atoms with Crippen LogP contribution in [0, 0.1) is 0 Å². The highest BCUT2D eigenvalue weighted by Crippen LogP contribution is 2.29. The number of carbonyl (C=O) groups excluding carboxylic acids is 1. The molecule has 3 rings (SSSR count). The first-order chi connectivity index (χ1) is 12.2. The topological polar surface area (TPSA) is 77.4 Å². The zero-order chi connectivity index (χ0) is 17.8. The first kappa shape index (κ1) is 16.6. The lowest BCUT2D eigenvalue weighted by atomic mass is 10.2. The number of methoxy groups -OCH3 is 2. The summed E-state index contributed by atoms with van der Waals surface area (Å²) in [5, 5.41) is 5.57.